The van der Waals surface area contributed by atoms with Crippen LogP contribution in [-0.4, -0.2) is 17.4 Å². The number of benzene rings is 1. The number of carbonyl (C=O) groups excluding carboxylic acids is 1. The highest BCUT2D eigenvalue weighted by atomic mass is 16.5. The molecule has 1 heterocycles. The molecule has 0 spiro atoms. The quantitative estimate of drug-likeness (QED) is 0.850. The molecule has 0 bridgehead atoms. The molecule has 2 N–H and O–H groups in total. The van der Waals surface area contributed by atoms with Gasteiger partial charge in [0, 0.05) is 25.7 Å². The monoisotopic (exact) mass is 285 g/mol. The molecule has 5 nitrogen and oxygen atoms in total. The summed E-state index contributed by atoms with van der Waals surface area (Å²) in [4.78, 5) is 15.4. The summed E-state index contributed by atoms with van der Waals surface area (Å²) in [5, 5.41) is 5.95. The molecule has 0 saturated carbocycles. The van der Waals surface area contributed by atoms with E-state index in [2.05, 4.69) is 22.5 Å². The molecule has 0 aliphatic rings. The molecule has 2 rings (SSSR count). The van der Waals surface area contributed by atoms with Crippen LogP contribution in [0.4, 0.5) is 11.5 Å². The van der Waals surface area contributed by atoms with Gasteiger partial charge in [0.25, 0.3) is 0 Å². The normalized spacial score (nSPS) is 10.0. The second-order valence-electron chi connectivity index (χ2n) is 4.58. The van der Waals surface area contributed by atoms with Crippen LogP contribution in [0.3, 0.4) is 0 Å². The minimum Gasteiger partial charge on any atom is -0.455 e. The van der Waals surface area contributed by atoms with Crippen molar-refractivity contribution in [1.29, 1.82) is 0 Å². The van der Waals surface area contributed by atoms with E-state index in [9.17, 15) is 4.79 Å². The Bertz CT molecular complexity index is 614. The maximum Gasteiger partial charge on any atom is 0.221 e. The molecule has 0 atom stereocenters. The lowest BCUT2D eigenvalue weighted by atomic mass is 10.3. The van der Waals surface area contributed by atoms with E-state index >= 15 is 0 Å². The summed E-state index contributed by atoms with van der Waals surface area (Å²) in [5.41, 5.74) is 0.643. The van der Waals surface area contributed by atoms with Gasteiger partial charge in [-0.3, -0.25) is 4.79 Å². The summed E-state index contributed by atoms with van der Waals surface area (Å²) in [7, 11) is 0. The van der Waals surface area contributed by atoms with Crippen molar-refractivity contribution in [3.63, 3.8) is 0 Å². The molecule has 0 saturated heterocycles. The van der Waals surface area contributed by atoms with Gasteiger partial charge in [0.2, 0.25) is 5.91 Å². The van der Waals surface area contributed by atoms with Gasteiger partial charge >= 0.3 is 0 Å². The number of rotatable bonds is 6. The van der Waals surface area contributed by atoms with Crippen molar-refractivity contribution in [2.24, 2.45) is 0 Å². The molecule has 1 amide bonds. The number of pyridine rings is 1. The highest BCUT2D eigenvalue weighted by molar-refractivity contribution is 5.90. The fourth-order valence-electron chi connectivity index (χ4n) is 1.80. The number of para-hydroxylation sites is 2. The third-order valence-corrected chi connectivity index (χ3v) is 2.71. The molecule has 0 unspecified atom stereocenters. The zero-order chi connectivity index (χ0) is 15.1. The van der Waals surface area contributed by atoms with Crippen molar-refractivity contribution >= 4 is 17.4 Å². The van der Waals surface area contributed by atoms with Gasteiger partial charge < -0.3 is 15.4 Å². The highest BCUT2D eigenvalue weighted by Crippen LogP contribution is 2.29. The van der Waals surface area contributed by atoms with E-state index in [-0.39, 0.29) is 5.91 Å². The minimum absolute atomic E-state index is 0.133. The lowest BCUT2D eigenvalue weighted by Crippen LogP contribution is -2.06. The molecule has 1 aromatic carbocycles. The molecular weight excluding hydrogens is 266 g/mol. The Balaban J connectivity index is 2.16. The first kappa shape index (κ1) is 14.8. The molecule has 0 aliphatic heterocycles. The van der Waals surface area contributed by atoms with Gasteiger partial charge in [0.05, 0.1) is 5.69 Å². The average Bonchev–Trinajstić information content (AvgIpc) is 2.47. The smallest absolute Gasteiger partial charge is 0.221 e. The molecule has 21 heavy (non-hydrogen) atoms. The first-order chi connectivity index (χ1) is 10.2. The van der Waals surface area contributed by atoms with Gasteiger partial charge in [-0.15, -0.1) is 0 Å². The Morgan fingerprint density at radius 2 is 2.10 bits per heavy atom. The van der Waals surface area contributed by atoms with Crippen LogP contribution in [0.1, 0.15) is 20.3 Å². The van der Waals surface area contributed by atoms with Gasteiger partial charge in [0.1, 0.15) is 11.6 Å². The molecular formula is C16H19N3O2. The number of nitrogens with zero attached hydrogens (tertiary/aromatic N) is 1. The van der Waals surface area contributed by atoms with Crippen LogP contribution in [0.5, 0.6) is 11.5 Å². The van der Waals surface area contributed by atoms with E-state index in [1.165, 1.54) is 6.92 Å². The fourth-order valence-corrected chi connectivity index (χ4v) is 1.80. The van der Waals surface area contributed by atoms with Crippen LogP contribution in [0, 0.1) is 0 Å². The Hall–Kier alpha value is -2.56. The molecule has 0 radical (unpaired) electrons. The SMILES string of the molecule is CCCNc1cc(Oc2ccccc2NC(C)=O)ccn1. The molecule has 2 aromatic rings. The second-order valence-corrected chi connectivity index (χ2v) is 4.58. The van der Waals surface area contributed by atoms with Crippen molar-refractivity contribution in [3.05, 3.63) is 42.6 Å². The van der Waals surface area contributed by atoms with Gasteiger partial charge in [0.15, 0.2) is 5.75 Å². The van der Waals surface area contributed by atoms with Crippen molar-refractivity contribution in [2.75, 3.05) is 17.2 Å². The summed E-state index contributed by atoms with van der Waals surface area (Å²) >= 11 is 0. The van der Waals surface area contributed by atoms with Crippen LogP contribution in [-0.2, 0) is 4.79 Å². The highest BCUT2D eigenvalue weighted by Gasteiger charge is 2.06. The topological polar surface area (TPSA) is 63.2 Å². The minimum atomic E-state index is -0.133. The third kappa shape index (κ3) is 4.49. The van der Waals surface area contributed by atoms with Crippen molar-refractivity contribution in [2.45, 2.75) is 20.3 Å². The standard InChI is InChI=1S/C16H19N3O2/c1-3-9-17-16-11-13(8-10-18-16)21-15-7-5-4-6-14(15)19-12(2)20/h4-8,10-11H,3,9H2,1-2H3,(H,17,18)(H,19,20). The second kappa shape index (κ2) is 7.28. The number of hydrogen-bond donors (Lipinski definition) is 2. The van der Waals surface area contributed by atoms with E-state index in [0.29, 0.717) is 17.2 Å². The van der Waals surface area contributed by atoms with Crippen LogP contribution in [0.15, 0.2) is 42.6 Å². The van der Waals surface area contributed by atoms with Gasteiger partial charge in [-0.1, -0.05) is 19.1 Å². The molecule has 0 aliphatic carbocycles. The number of ether oxygens (including phenoxy) is 1. The van der Waals surface area contributed by atoms with Crippen LogP contribution >= 0.6 is 0 Å². The lowest BCUT2D eigenvalue weighted by Gasteiger charge is -2.12. The third-order valence-electron chi connectivity index (χ3n) is 2.71. The number of carbonyl (C=O) groups is 1. The summed E-state index contributed by atoms with van der Waals surface area (Å²) in [5.74, 6) is 1.90. The predicted octanol–water partition coefficient (Wildman–Crippen LogP) is 3.65. The first-order valence-corrected chi connectivity index (χ1v) is 6.93. The van der Waals surface area contributed by atoms with Crippen molar-refractivity contribution in [3.8, 4) is 11.5 Å². The van der Waals surface area contributed by atoms with Gasteiger partial charge in [-0.2, -0.15) is 0 Å². The number of anilines is 2. The average molecular weight is 285 g/mol. The van der Waals surface area contributed by atoms with Gasteiger partial charge in [-0.05, 0) is 24.6 Å². The summed E-state index contributed by atoms with van der Waals surface area (Å²) < 4.78 is 5.84. The van der Waals surface area contributed by atoms with Crippen LogP contribution < -0.4 is 15.4 Å². The number of aromatic nitrogens is 1. The van der Waals surface area contributed by atoms with E-state index in [4.69, 9.17) is 4.74 Å². The van der Waals surface area contributed by atoms with Gasteiger partial charge in [-0.25, -0.2) is 4.98 Å². The van der Waals surface area contributed by atoms with Crippen LogP contribution in [0.25, 0.3) is 0 Å². The maximum atomic E-state index is 11.2. The van der Waals surface area contributed by atoms with Crippen molar-refractivity contribution < 1.29 is 9.53 Å². The Kier molecular flexibility index (Phi) is 5.15. The Morgan fingerprint density at radius 1 is 1.29 bits per heavy atom. The first-order valence-electron chi connectivity index (χ1n) is 6.93. The lowest BCUT2D eigenvalue weighted by molar-refractivity contribution is -0.114. The van der Waals surface area contributed by atoms with E-state index in [1.807, 2.05) is 24.3 Å². The van der Waals surface area contributed by atoms with E-state index in [1.54, 1.807) is 18.3 Å². The summed E-state index contributed by atoms with van der Waals surface area (Å²) in [6.07, 6.45) is 2.71. The largest absolute Gasteiger partial charge is 0.455 e. The van der Waals surface area contributed by atoms with E-state index < -0.39 is 0 Å². The zero-order valence-electron chi connectivity index (χ0n) is 12.2. The molecule has 1 aromatic heterocycles. The maximum absolute atomic E-state index is 11.2. The van der Waals surface area contributed by atoms with E-state index in [0.717, 1.165) is 18.8 Å². The fraction of sp³-hybridized carbons (Fsp3) is 0.250. The zero-order valence-corrected chi connectivity index (χ0v) is 12.2. The Morgan fingerprint density at radius 3 is 2.86 bits per heavy atom. The predicted molar refractivity (Wildman–Crippen MR) is 83.8 cm³/mol. The Labute approximate surface area is 124 Å². The van der Waals surface area contributed by atoms with Crippen LogP contribution in [0.2, 0.25) is 0 Å². The molecule has 5 heteroatoms. The molecule has 0 fully saturated rings. The van der Waals surface area contributed by atoms with Crippen molar-refractivity contribution in [1.82, 2.24) is 4.98 Å². The summed E-state index contributed by atoms with van der Waals surface area (Å²) in [6.45, 7) is 4.42. The summed E-state index contributed by atoms with van der Waals surface area (Å²) in [6, 6.07) is 10.9. The number of amides is 1. The number of hydrogen-bond acceptors (Lipinski definition) is 4. The number of nitrogens with one attached hydrogen (secondary N) is 2. The molecule has 110 valence electrons.